The predicted molar refractivity (Wildman–Crippen MR) is 83.6 cm³/mol. The molecule has 0 saturated carbocycles. The lowest BCUT2D eigenvalue weighted by Gasteiger charge is -2.05. The van der Waals surface area contributed by atoms with E-state index in [0.717, 1.165) is 4.47 Å². The van der Waals surface area contributed by atoms with Gasteiger partial charge in [-0.2, -0.15) is 5.10 Å². The van der Waals surface area contributed by atoms with Gasteiger partial charge in [0.05, 0.1) is 5.71 Å². The van der Waals surface area contributed by atoms with Gasteiger partial charge in [0.1, 0.15) is 11.5 Å². The van der Waals surface area contributed by atoms with Crippen molar-refractivity contribution in [2.75, 3.05) is 0 Å². The SMILES string of the molecule is C/C(=N/NC(=O)c1cccc(Br)c1)c1ccc(O)cc1O. The molecule has 0 spiro atoms. The second-order valence-corrected chi connectivity index (χ2v) is 5.27. The van der Waals surface area contributed by atoms with Gasteiger partial charge < -0.3 is 10.2 Å². The number of nitrogens with one attached hydrogen (secondary N) is 1. The third kappa shape index (κ3) is 3.82. The molecule has 0 atom stereocenters. The van der Waals surface area contributed by atoms with Crippen molar-refractivity contribution in [1.82, 2.24) is 5.43 Å². The predicted octanol–water partition coefficient (Wildman–Crippen LogP) is 3.01. The maximum absolute atomic E-state index is 11.9. The Hall–Kier alpha value is -2.34. The molecule has 6 heteroatoms. The smallest absolute Gasteiger partial charge is 0.271 e. The number of phenolic OH excluding ortho intramolecular Hbond substituents is 2. The number of hydrazone groups is 1. The highest BCUT2D eigenvalue weighted by atomic mass is 79.9. The van der Waals surface area contributed by atoms with Crippen molar-refractivity contribution >= 4 is 27.5 Å². The van der Waals surface area contributed by atoms with Crippen LogP contribution in [0.1, 0.15) is 22.8 Å². The second-order valence-electron chi connectivity index (χ2n) is 4.35. The summed E-state index contributed by atoms with van der Waals surface area (Å²) in [6.07, 6.45) is 0. The summed E-state index contributed by atoms with van der Waals surface area (Å²) >= 11 is 3.29. The average Bonchev–Trinajstić information content (AvgIpc) is 2.44. The van der Waals surface area contributed by atoms with E-state index in [1.165, 1.54) is 18.2 Å². The molecule has 5 nitrogen and oxygen atoms in total. The number of nitrogens with zero attached hydrogens (tertiary/aromatic N) is 1. The fraction of sp³-hybridized carbons (Fsp3) is 0.0667. The zero-order chi connectivity index (χ0) is 15.4. The number of halogens is 1. The van der Waals surface area contributed by atoms with Crippen LogP contribution in [0.5, 0.6) is 11.5 Å². The topological polar surface area (TPSA) is 81.9 Å². The first kappa shape index (κ1) is 15.1. The van der Waals surface area contributed by atoms with Crippen molar-refractivity contribution in [2.45, 2.75) is 6.92 Å². The quantitative estimate of drug-likeness (QED) is 0.589. The Bertz CT molecular complexity index is 714. The van der Waals surface area contributed by atoms with E-state index in [4.69, 9.17) is 0 Å². The molecule has 0 saturated heterocycles. The first-order valence-corrected chi connectivity index (χ1v) is 6.89. The number of carbonyl (C=O) groups is 1. The summed E-state index contributed by atoms with van der Waals surface area (Å²) in [5.74, 6) is -0.496. The number of carbonyl (C=O) groups excluding carboxylic acids is 1. The summed E-state index contributed by atoms with van der Waals surface area (Å²) in [6.45, 7) is 1.65. The molecule has 1 amide bonds. The molecular formula is C15H13BrN2O3. The Balaban J connectivity index is 2.15. The number of hydrogen-bond acceptors (Lipinski definition) is 4. The maximum Gasteiger partial charge on any atom is 0.271 e. The van der Waals surface area contributed by atoms with Gasteiger partial charge in [-0.25, -0.2) is 5.43 Å². The van der Waals surface area contributed by atoms with Gasteiger partial charge in [-0.3, -0.25) is 4.79 Å². The highest BCUT2D eigenvalue weighted by molar-refractivity contribution is 9.10. The van der Waals surface area contributed by atoms with Crippen LogP contribution in [0.25, 0.3) is 0 Å². The molecule has 3 N–H and O–H groups in total. The summed E-state index contributed by atoms with van der Waals surface area (Å²) in [6, 6.07) is 11.1. The van der Waals surface area contributed by atoms with Gasteiger partial charge in [0.2, 0.25) is 0 Å². The van der Waals surface area contributed by atoms with Gasteiger partial charge in [-0.15, -0.1) is 0 Å². The fourth-order valence-corrected chi connectivity index (χ4v) is 2.11. The van der Waals surface area contributed by atoms with Gasteiger partial charge in [0.15, 0.2) is 0 Å². The summed E-state index contributed by atoms with van der Waals surface area (Å²) in [5, 5.41) is 22.9. The zero-order valence-corrected chi connectivity index (χ0v) is 12.8. The van der Waals surface area contributed by atoms with E-state index in [9.17, 15) is 15.0 Å². The lowest BCUT2D eigenvalue weighted by molar-refractivity contribution is 0.0954. The summed E-state index contributed by atoms with van der Waals surface area (Å²) < 4.78 is 0.798. The zero-order valence-electron chi connectivity index (χ0n) is 11.2. The van der Waals surface area contributed by atoms with E-state index in [2.05, 4.69) is 26.5 Å². The van der Waals surface area contributed by atoms with Gasteiger partial charge in [0, 0.05) is 21.7 Å². The molecule has 0 radical (unpaired) electrons. The van der Waals surface area contributed by atoms with Gasteiger partial charge in [-0.1, -0.05) is 22.0 Å². The minimum absolute atomic E-state index is 0.0396. The highest BCUT2D eigenvalue weighted by Gasteiger charge is 2.08. The average molecular weight is 349 g/mol. The highest BCUT2D eigenvalue weighted by Crippen LogP contribution is 2.23. The van der Waals surface area contributed by atoms with Crippen molar-refractivity contribution in [3.8, 4) is 11.5 Å². The minimum Gasteiger partial charge on any atom is -0.508 e. The normalized spacial score (nSPS) is 11.2. The molecule has 2 aromatic carbocycles. The molecule has 0 unspecified atom stereocenters. The largest absolute Gasteiger partial charge is 0.508 e. The van der Waals surface area contributed by atoms with Crippen LogP contribution in [0.4, 0.5) is 0 Å². The Morgan fingerprint density at radius 2 is 1.95 bits per heavy atom. The summed E-state index contributed by atoms with van der Waals surface area (Å²) in [5.41, 5.74) is 3.75. The van der Waals surface area contributed by atoms with E-state index >= 15 is 0 Å². The molecule has 0 heterocycles. The van der Waals surface area contributed by atoms with E-state index in [-0.39, 0.29) is 17.4 Å². The van der Waals surface area contributed by atoms with Gasteiger partial charge in [0.25, 0.3) is 5.91 Å². The lowest BCUT2D eigenvalue weighted by atomic mass is 10.1. The number of phenols is 2. The molecule has 2 aromatic rings. The third-order valence-corrected chi connectivity index (χ3v) is 3.28. The Morgan fingerprint density at radius 1 is 1.19 bits per heavy atom. The molecule has 0 fully saturated rings. The van der Waals surface area contributed by atoms with E-state index in [0.29, 0.717) is 16.8 Å². The van der Waals surface area contributed by atoms with E-state index in [1.807, 2.05) is 6.07 Å². The second kappa shape index (κ2) is 6.41. The van der Waals surface area contributed by atoms with Gasteiger partial charge >= 0.3 is 0 Å². The van der Waals surface area contributed by atoms with Crippen molar-refractivity contribution in [3.05, 3.63) is 58.1 Å². The van der Waals surface area contributed by atoms with E-state index < -0.39 is 0 Å². The van der Waals surface area contributed by atoms with Crippen molar-refractivity contribution in [3.63, 3.8) is 0 Å². The first-order chi connectivity index (χ1) is 9.97. The number of hydrogen-bond donors (Lipinski definition) is 3. The van der Waals surface area contributed by atoms with Crippen LogP contribution in [0.2, 0.25) is 0 Å². The minimum atomic E-state index is -0.353. The molecular weight excluding hydrogens is 336 g/mol. The molecule has 21 heavy (non-hydrogen) atoms. The van der Waals surface area contributed by atoms with Crippen molar-refractivity contribution in [1.29, 1.82) is 0 Å². The molecule has 0 aliphatic carbocycles. The number of rotatable bonds is 3. The number of benzene rings is 2. The van der Waals surface area contributed by atoms with Crippen LogP contribution < -0.4 is 5.43 Å². The summed E-state index contributed by atoms with van der Waals surface area (Å²) in [7, 11) is 0. The number of amides is 1. The van der Waals surface area contributed by atoms with Crippen LogP contribution in [0, 0.1) is 0 Å². The molecule has 0 aliphatic heterocycles. The van der Waals surface area contributed by atoms with Gasteiger partial charge in [-0.05, 0) is 37.3 Å². The van der Waals surface area contributed by atoms with E-state index in [1.54, 1.807) is 25.1 Å². The molecule has 0 aliphatic rings. The van der Waals surface area contributed by atoms with Crippen LogP contribution >= 0.6 is 15.9 Å². The first-order valence-electron chi connectivity index (χ1n) is 6.10. The monoisotopic (exact) mass is 348 g/mol. The van der Waals surface area contributed by atoms with Crippen LogP contribution in [0.3, 0.4) is 0 Å². The number of aromatic hydroxyl groups is 2. The third-order valence-electron chi connectivity index (χ3n) is 2.78. The summed E-state index contributed by atoms with van der Waals surface area (Å²) in [4.78, 5) is 11.9. The molecule has 108 valence electrons. The standard InChI is InChI=1S/C15H13BrN2O3/c1-9(13-6-5-12(19)8-14(13)20)17-18-15(21)10-3-2-4-11(16)7-10/h2-8,19-20H,1H3,(H,18,21)/b17-9-. The Labute approximate surface area is 130 Å². The van der Waals surface area contributed by atoms with Crippen molar-refractivity contribution in [2.24, 2.45) is 5.10 Å². The Morgan fingerprint density at radius 3 is 2.62 bits per heavy atom. The maximum atomic E-state index is 11.9. The lowest BCUT2D eigenvalue weighted by Crippen LogP contribution is -2.19. The Kier molecular flexibility index (Phi) is 4.59. The van der Waals surface area contributed by atoms with Crippen molar-refractivity contribution < 1.29 is 15.0 Å². The molecule has 2 rings (SSSR count). The van der Waals surface area contributed by atoms with Crippen LogP contribution in [-0.2, 0) is 0 Å². The fourth-order valence-electron chi connectivity index (χ4n) is 1.72. The molecule has 0 aromatic heterocycles. The van der Waals surface area contributed by atoms with Crippen LogP contribution in [0.15, 0.2) is 52.0 Å². The van der Waals surface area contributed by atoms with Crippen LogP contribution in [-0.4, -0.2) is 21.8 Å². The molecule has 0 bridgehead atoms.